The largest absolute Gasteiger partial charge is 0.351 e. The van der Waals surface area contributed by atoms with E-state index in [4.69, 9.17) is 11.6 Å². The summed E-state index contributed by atoms with van der Waals surface area (Å²) in [5, 5.41) is 12.3. The molecule has 1 amide bonds. The van der Waals surface area contributed by atoms with E-state index in [1.807, 2.05) is 24.9 Å². The first-order valence-electron chi connectivity index (χ1n) is 9.73. The Morgan fingerprint density at radius 2 is 2.04 bits per heavy atom. The van der Waals surface area contributed by atoms with Gasteiger partial charge in [0.2, 0.25) is 11.2 Å². The first-order chi connectivity index (χ1) is 12.9. The van der Waals surface area contributed by atoms with Crippen molar-refractivity contribution in [2.24, 2.45) is 24.3 Å². The Kier molecular flexibility index (Phi) is 3.70. The molecule has 2 aromatic rings. The maximum atomic E-state index is 13.4. The van der Waals surface area contributed by atoms with Crippen LogP contribution >= 0.6 is 11.6 Å². The molecule has 4 fully saturated rings. The molecule has 4 saturated carbocycles. The van der Waals surface area contributed by atoms with Gasteiger partial charge in [-0.1, -0.05) is 0 Å². The van der Waals surface area contributed by atoms with Gasteiger partial charge in [0.25, 0.3) is 0 Å². The molecular weight excluding hydrogens is 364 g/mol. The number of aromatic nitrogens is 5. The molecule has 4 bridgehead atoms. The average molecular weight is 389 g/mol. The number of rotatable bonds is 4. The standard InChI is InChI=1S/C19H25ClN6O/c1-12-15(9-25(2)23-12)8-21-16(27)18-4-13-3-14(5-18)7-19(6-13,10-18)26-11-22-17(20)24-26/h9,11,13-14H,3-8,10H2,1-2H3,(H,21,27). The van der Waals surface area contributed by atoms with Crippen molar-refractivity contribution >= 4 is 17.5 Å². The lowest BCUT2D eigenvalue weighted by molar-refractivity contribution is -0.156. The molecule has 1 N–H and O–H groups in total. The quantitative estimate of drug-likeness (QED) is 0.873. The van der Waals surface area contributed by atoms with Crippen LogP contribution in [0.2, 0.25) is 5.28 Å². The van der Waals surface area contributed by atoms with Crippen LogP contribution in [0.25, 0.3) is 0 Å². The van der Waals surface area contributed by atoms with E-state index < -0.39 is 0 Å². The fourth-order valence-corrected chi connectivity index (χ4v) is 6.53. The fraction of sp³-hybridized carbons (Fsp3) is 0.684. The predicted molar refractivity (Wildman–Crippen MR) is 99.9 cm³/mol. The Balaban J connectivity index is 1.40. The van der Waals surface area contributed by atoms with Crippen molar-refractivity contribution in [1.29, 1.82) is 0 Å². The van der Waals surface area contributed by atoms with Gasteiger partial charge >= 0.3 is 0 Å². The van der Waals surface area contributed by atoms with Crippen LogP contribution in [0.3, 0.4) is 0 Å². The Morgan fingerprint density at radius 1 is 1.30 bits per heavy atom. The van der Waals surface area contributed by atoms with Crippen LogP contribution in [0.4, 0.5) is 0 Å². The molecule has 2 aromatic heterocycles. The lowest BCUT2D eigenvalue weighted by Crippen LogP contribution is -2.61. The zero-order valence-electron chi connectivity index (χ0n) is 15.8. The van der Waals surface area contributed by atoms with Gasteiger partial charge in [0, 0.05) is 25.4 Å². The molecule has 0 saturated heterocycles. The molecule has 0 aliphatic heterocycles. The fourth-order valence-electron chi connectivity index (χ4n) is 6.40. The third-order valence-electron chi connectivity index (χ3n) is 7.02. The molecule has 27 heavy (non-hydrogen) atoms. The average Bonchev–Trinajstić information content (AvgIpc) is 3.17. The summed E-state index contributed by atoms with van der Waals surface area (Å²) in [5.74, 6) is 1.36. The summed E-state index contributed by atoms with van der Waals surface area (Å²) in [7, 11) is 1.91. The van der Waals surface area contributed by atoms with Crippen LogP contribution in [0.1, 0.15) is 49.8 Å². The number of carbonyl (C=O) groups is 1. The zero-order valence-corrected chi connectivity index (χ0v) is 16.5. The normalized spacial score (nSPS) is 34.2. The van der Waals surface area contributed by atoms with E-state index in [0.717, 1.165) is 43.4 Å². The molecule has 144 valence electrons. The second-order valence-electron chi connectivity index (χ2n) is 9.02. The topological polar surface area (TPSA) is 77.6 Å². The maximum absolute atomic E-state index is 13.4. The van der Waals surface area contributed by atoms with Gasteiger partial charge in [-0.05, 0) is 68.9 Å². The number of hydrogen-bond acceptors (Lipinski definition) is 4. The van der Waals surface area contributed by atoms with E-state index in [2.05, 4.69) is 20.5 Å². The first-order valence-corrected chi connectivity index (χ1v) is 10.1. The maximum Gasteiger partial charge on any atom is 0.242 e. The predicted octanol–water partition coefficient (Wildman–Crippen LogP) is 2.59. The highest BCUT2D eigenvalue weighted by molar-refractivity contribution is 6.28. The lowest BCUT2D eigenvalue weighted by Gasteiger charge is -2.60. The van der Waals surface area contributed by atoms with Gasteiger partial charge in [-0.15, -0.1) is 5.10 Å². The van der Waals surface area contributed by atoms with Crippen molar-refractivity contribution in [1.82, 2.24) is 29.9 Å². The van der Waals surface area contributed by atoms with Crippen LogP contribution in [0, 0.1) is 24.2 Å². The third kappa shape index (κ3) is 2.70. The Hall–Kier alpha value is -1.89. The summed E-state index contributed by atoms with van der Waals surface area (Å²) in [6.45, 7) is 2.52. The lowest BCUT2D eigenvalue weighted by atomic mass is 9.46. The number of nitrogens with zero attached hydrogens (tertiary/aromatic N) is 5. The summed E-state index contributed by atoms with van der Waals surface area (Å²) < 4.78 is 3.76. The molecular formula is C19H25ClN6O. The first kappa shape index (κ1) is 17.2. The molecule has 4 aliphatic carbocycles. The van der Waals surface area contributed by atoms with Gasteiger partial charge in [0.1, 0.15) is 6.33 Å². The number of nitrogens with one attached hydrogen (secondary N) is 1. The molecule has 2 heterocycles. The van der Waals surface area contributed by atoms with E-state index in [9.17, 15) is 4.79 Å². The smallest absolute Gasteiger partial charge is 0.242 e. The van der Waals surface area contributed by atoms with Crippen molar-refractivity contribution in [2.45, 2.75) is 57.5 Å². The van der Waals surface area contributed by atoms with E-state index in [1.54, 1.807) is 11.0 Å². The van der Waals surface area contributed by atoms with E-state index in [-0.39, 0.29) is 22.1 Å². The zero-order chi connectivity index (χ0) is 18.8. The highest BCUT2D eigenvalue weighted by atomic mass is 35.5. The highest BCUT2D eigenvalue weighted by Gasteiger charge is 2.61. The van der Waals surface area contributed by atoms with Crippen LogP contribution in [-0.2, 0) is 23.9 Å². The summed E-state index contributed by atoms with van der Waals surface area (Å²) in [6, 6.07) is 0. The van der Waals surface area contributed by atoms with Gasteiger partial charge in [-0.3, -0.25) is 9.48 Å². The number of hydrogen-bond donors (Lipinski definition) is 1. The molecule has 0 spiro atoms. The van der Waals surface area contributed by atoms with E-state index in [1.165, 1.54) is 6.42 Å². The van der Waals surface area contributed by atoms with E-state index in [0.29, 0.717) is 18.4 Å². The third-order valence-corrected chi connectivity index (χ3v) is 7.19. The van der Waals surface area contributed by atoms with Crippen molar-refractivity contribution in [3.63, 3.8) is 0 Å². The second kappa shape index (κ2) is 5.80. The minimum Gasteiger partial charge on any atom is -0.351 e. The molecule has 2 unspecified atom stereocenters. The molecule has 8 heteroatoms. The number of carbonyl (C=O) groups excluding carboxylic acids is 1. The Labute approximate surface area is 163 Å². The molecule has 4 aliphatic rings. The van der Waals surface area contributed by atoms with Gasteiger partial charge in [-0.25, -0.2) is 9.67 Å². The SMILES string of the molecule is Cc1nn(C)cc1CNC(=O)C12CC3CC(C1)CC(n1cnc(Cl)n1)(C3)C2. The minimum atomic E-state index is -0.293. The summed E-state index contributed by atoms with van der Waals surface area (Å²) in [4.78, 5) is 17.5. The molecule has 6 rings (SSSR count). The van der Waals surface area contributed by atoms with Crippen molar-refractivity contribution in [2.75, 3.05) is 0 Å². The highest BCUT2D eigenvalue weighted by Crippen LogP contribution is 2.64. The van der Waals surface area contributed by atoms with Crippen molar-refractivity contribution in [3.05, 3.63) is 29.1 Å². The number of amides is 1. The summed E-state index contributed by atoms with van der Waals surface area (Å²) in [5.41, 5.74) is 1.65. The van der Waals surface area contributed by atoms with Crippen LogP contribution in [0.15, 0.2) is 12.5 Å². The second-order valence-corrected chi connectivity index (χ2v) is 9.36. The summed E-state index contributed by atoms with van der Waals surface area (Å²) >= 11 is 6.00. The van der Waals surface area contributed by atoms with Crippen LogP contribution in [-0.4, -0.2) is 30.5 Å². The van der Waals surface area contributed by atoms with Gasteiger partial charge in [0.05, 0.1) is 16.6 Å². The number of halogens is 1. The Morgan fingerprint density at radius 3 is 2.63 bits per heavy atom. The summed E-state index contributed by atoms with van der Waals surface area (Å²) in [6.07, 6.45) is 9.96. The molecule has 7 nitrogen and oxygen atoms in total. The van der Waals surface area contributed by atoms with Crippen LogP contribution in [0.5, 0.6) is 0 Å². The van der Waals surface area contributed by atoms with E-state index >= 15 is 0 Å². The van der Waals surface area contributed by atoms with Crippen molar-refractivity contribution < 1.29 is 4.79 Å². The molecule has 0 radical (unpaired) electrons. The Bertz CT molecular complexity index is 888. The van der Waals surface area contributed by atoms with Gasteiger partial charge in [0.15, 0.2) is 0 Å². The van der Waals surface area contributed by atoms with Gasteiger partial charge < -0.3 is 5.32 Å². The van der Waals surface area contributed by atoms with Crippen LogP contribution < -0.4 is 5.32 Å². The van der Waals surface area contributed by atoms with Gasteiger partial charge in [-0.2, -0.15) is 5.10 Å². The minimum absolute atomic E-state index is 0.105. The monoisotopic (exact) mass is 388 g/mol. The van der Waals surface area contributed by atoms with Crippen molar-refractivity contribution in [3.8, 4) is 0 Å². The molecule has 0 aromatic carbocycles. The molecule has 2 atom stereocenters. The number of aryl methyl sites for hydroxylation is 2.